The molecule has 2 aromatic heterocycles. The molecule has 2 saturated carbocycles. The van der Waals surface area contributed by atoms with Crippen molar-refractivity contribution in [2.45, 2.75) is 44.2 Å². The van der Waals surface area contributed by atoms with Crippen molar-refractivity contribution in [3.63, 3.8) is 0 Å². The number of nitrogens with one attached hydrogen (secondary N) is 3. The molecule has 9 nitrogen and oxygen atoms in total. The summed E-state index contributed by atoms with van der Waals surface area (Å²) in [7, 11) is 0. The summed E-state index contributed by atoms with van der Waals surface area (Å²) in [6.07, 6.45) is 3.90. The predicted molar refractivity (Wildman–Crippen MR) is 112 cm³/mol. The normalized spacial score (nSPS) is 26.6. The fourth-order valence-electron chi connectivity index (χ4n) is 5.55. The highest BCUT2D eigenvalue weighted by Crippen LogP contribution is 2.62. The van der Waals surface area contributed by atoms with Crippen molar-refractivity contribution >= 4 is 22.6 Å². The lowest BCUT2D eigenvalue weighted by atomic mass is 9.49. The van der Waals surface area contributed by atoms with Crippen molar-refractivity contribution in [2.75, 3.05) is 6.54 Å². The Labute approximate surface area is 177 Å². The Balaban J connectivity index is 1.09. The van der Waals surface area contributed by atoms with Gasteiger partial charge in [-0.3, -0.25) is 19.1 Å². The highest BCUT2D eigenvalue weighted by atomic mass is 16.2. The number of hydrogen-bond acceptors (Lipinski definition) is 5. The summed E-state index contributed by atoms with van der Waals surface area (Å²) >= 11 is 0. The van der Waals surface area contributed by atoms with E-state index in [9.17, 15) is 14.4 Å². The van der Waals surface area contributed by atoms with E-state index < -0.39 is 0 Å². The number of carbonyl (C=O) groups excluding carboxylic acids is 2. The molecule has 0 bridgehead atoms. The predicted octanol–water partition coefficient (Wildman–Crippen LogP) is 1.32. The van der Waals surface area contributed by atoms with Crippen molar-refractivity contribution in [1.29, 1.82) is 0 Å². The molecule has 1 aliphatic heterocycles. The highest BCUT2D eigenvalue weighted by Gasteiger charge is 2.54. The van der Waals surface area contributed by atoms with Gasteiger partial charge in [-0.2, -0.15) is 10.2 Å². The Kier molecular flexibility index (Phi) is 3.84. The van der Waals surface area contributed by atoms with Crippen LogP contribution < -0.4 is 16.2 Å². The smallest absolute Gasteiger partial charge is 0.272 e. The van der Waals surface area contributed by atoms with E-state index in [4.69, 9.17) is 0 Å². The van der Waals surface area contributed by atoms with Crippen LogP contribution in [0.2, 0.25) is 0 Å². The number of benzene rings is 1. The average Bonchev–Trinajstić information content (AvgIpc) is 3.16. The third-order valence-corrected chi connectivity index (χ3v) is 7.02. The van der Waals surface area contributed by atoms with Crippen LogP contribution in [0.5, 0.6) is 0 Å². The van der Waals surface area contributed by atoms with Crippen LogP contribution in [0.15, 0.2) is 35.1 Å². The second kappa shape index (κ2) is 6.50. The number of fused-ring (bicyclic) bond motifs is 2. The van der Waals surface area contributed by atoms with Gasteiger partial charge in [0.2, 0.25) is 0 Å². The number of aromatic amines is 1. The number of hydrogen-bond donors (Lipinski definition) is 3. The van der Waals surface area contributed by atoms with Crippen LogP contribution in [-0.4, -0.2) is 44.4 Å². The first-order valence-electron chi connectivity index (χ1n) is 10.7. The van der Waals surface area contributed by atoms with Crippen molar-refractivity contribution in [3.05, 3.63) is 57.8 Å². The van der Waals surface area contributed by atoms with Gasteiger partial charge < -0.3 is 10.6 Å². The first kappa shape index (κ1) is 18.3. The number of carbonyl (C=O) groups is 2. The molecule has 2 fully saturated rings. The van der Waals surface area contributed by atoms with Crippen LogP contribution in [0.25, 0.3) is 10.8 Å². The van der Waals surface area contributed by atoms with Crippen LogP contribution >= 0.6 is 0 Å². The van der Waals surface area contributed by atoms with Crippen LogP contribution in [0.1, 0.15) is 58.3 Å². The van der Waals surface area contributed by atoms with E-state index in [1.54, 1.807) is 10.7 Å². The molecule has 1 aromatic carbocycles. The van der Waals surface area contributed by atoms with E-state index in [2.05, 4.69) is 25.9 Å². The zero-order valence-corrected chi connectivity index (χ0v) is 16.9. The number of rotatable bonds is 3. The molecule has 3 N–H and O–H groups in total. The van der Waals surface area contributed by atoms with E-state index in [0.29, 0.717) is 35.8 Å². The first-order valence-corrected chi connectivity index (χ1v) is 10.7. The third kappa shape index (κ3) is 2.87. The van der Waals surface area contributed by atoms with E-state index in [0.717, 1.165) is 36.8 Å². The zero-order valence-electron chi connectivity index (χ0n) is 16.9. The van der Waals surface area contributed by atoms with E-state index in [-0.39, 0.29) is 28.8 Å². The maximum atomic E-state index is 12.6. The van der Waals surface area contributed by atoms with Gasteiger partial charge in [-0.15, -0.1) is 0 Å². The lowest BCUT2D eigenvalue weighted by Gasteiger charge is -2.57. The Hall–Kier alpha value is -3.49. The third-order valence-electron chi connectivity index (χ3n) is 7.02. The van der Waals surface area contributed by atoms with Gasteiger partial charge in [-0.05, 0) is 37.2 Å². The fourth-order valence-corrected chi connectivity index (χ4v) is 5.55. The summed E-state index contributed by atoms with van der Waals surface area (Å²) in [4.78, 5) is 36.5. The van der Waals surface area contributed by atoms with E-state index >= 15 is 0 Å². The number of H-pyrrole nitrogens is 1. The van der Waals surface area contributed by atoms with Gasteiger partial charge in [-0.25, -0.2) is 5.10 Å². The Bertz CT molecular complexity index is 1280. The average molecular weight is 418 g/mol. The monoisotopic (exact) mass is 418 g/mol. The fraction of sp³-hybridized carbons (Fsp3) is 0.409. The summed E-state index contributed by atoms with van der Waals surface area (Å²) in [5.74, 6) is -0.0835. The SMILES string of the molecule is O=C(NC1CC2(C1)CC(c1n[nH]c(=O)c3ccccc13)C2)c1cc2n(n1)CCNC2=O. The van der Waals surface area contributed by atoms with Crippen molar-refractivity contribution < 1.29 is 9.59 Å². The maximum Gasteiger partial charge on any atom is 0.272 e. The summed E-state index contributed by atoms with van der Waals surface area (Å²) in [5, 5.41) is 18.7. The van der Waals surface area contributed by atoms with Crippen LogP contribution in [0.4, 0.5) is 0 Å². The van der Waals surface area contributed by atoms with Crippen LogP contribution in [0.3, 0.4) is 0 Å². The topological polar surface area (TPSA) is 122 Å². The Morgan fingerprint density at radius 1 is 1.13 bits per heavy atom. The molecule has 31 heavy (non-hydrogen) atoms. The summed E-state index contributed by atoms with van der Waals surface area (Å²) in [6.45, 7) is 1.11. The Morgan fingerprint density at radius 3 is 2.68 bits per heavy atom. The molecule has 0 radical (unpaired) electrons. The van der Waals surface area contributed by atoms with Crippen molar-refractivity contribution in [3.8, 4) is 0 Å². The molecule has 3 heterocycles. The molecule has 0 atom stereocenters. The second-order valence-corrected chi connectivity index (χ2v) is 9.06. The minimum Gasteiger partial charge on any atom is -0.349 e. The van der Waals surface area contributed by atoms with Crippen LogP contribution in [0, 0.1) is 5.41 Å². The van der Waals surface area contributed by atoms with Gasteiger partial charge in [0.15, 0.2) is 5.69 Å². The molecule has 9 heteroatoms. The molecular weight excluding hydrogens is 396 g/mol. The van der Waals surface area contributed by atoms with Gasteiger partial charge in [0, 0.05) is 30.0 Å². The number of amides is 2. The largest absolute Gasteiger partial charge is 0.349 e. The molecular formula is C22H22N6O3. The Morgan fingerprint density at radius 2 is 1.90 bits per heavy atom. The molecule has 2 amide bonds. The van der Waals surface area contributed by atoms with Gasteiger partial charge in [0.1, 0.15) is 5.69 Å². The summed E-state index contributed by atoms with van der Waals surface area (Å²) < 4.78 is 1.59. The van der Waals surface area contributed by atoms with Gasteiger partial charge >= 0.3 is 0 Å². The molecule has 158 valence electrons. The lowest BCUT2D eigenvalue weighted by Crippen LogP contribution is -2.55. The lowest BCUT2D eigenvalue weighted by molar-refractivity contribution is -0.0197. The quantitative estimate of drug-likeness (QED) is 0.592. The summed E-state index contributed by atoms with van der Waals surface area (Å²) in [6, 6.07) is 9.29. The summed E-state index contributed by atoms with van der Waals surface area (Å²) in [5.41, 5.74) is 1.79. The van der Waals surface area contributed by atoms with E-state index in [1.165, 1.54) is 0 Å². The minimum absolute atomic E-state index is 0.126. The molecule has 2 aliphatic carbocycles. The number of nitrogens with zero attached hydrogens (tertiary/aromatic N) is 3. The van der Waals surface area contributed by atoms with Crippen molar-refractivity contribution in [1.82, 2.24) is 30.6 Å². The van der Waals surface area contributed by atoms with Crippen molar-refractivity contribution in [2.24, 2.45) is 5.41 Å². The zero-order chi connectivity index (χ0) is 21.2. The van der Waals surface area contributed by atoms with Gasteiger partial charge in [0.25, 0.3) is 17.4 Å². The van der Waals surface area contributed by atoms with Gasteiger partial charge in [-0.1, -0.05) is 18.2 Å². The van der Waals surface area contributed by atoms with Gasteiger partial charge in [0.05, 0.1) is 17.6 Å². The van der Waals surface area contributed by atoms with E-state index in [1.807, 2.05) is 24.3 Å². The molecule has 0 saturated heterocycles. The molecule has 6 rings (SSSR count). The second-order valence-electron chi connectivity index (χ2n) is 9.06. The molecule has 0 unspecified atom stereocenters. The molecule has 3 aromatic rings. The molecule has 3 aliphatic rings. The first-order chi connectivity index (χ1) is 15.0. The maximum absolute atomic E-state index is 12.6. The molecule has 1 spiro atoms. The van der Waals surface area contributed by atoms with Crippen LogP contribution in [-0.2, 0) is 6.54 Å². The standard InChI is InChI=1S/C22H22N6O3/c29-19-15-4-2-1-3-14(15)18(25-26-19)12-8-22(9-12)10-13(11-22)24-20(30)16-7-17-21(31)23-5-6-28(17)27-16/h1-4,7,12-13H,5-6,8-11H2,(H,23,31)(H,24,30)(H,26,29). The minimum atomic E-state index is -0.223. The number of aromatic nitrogens is 4. The highest BCUT2D eigenvalue weighted by molar-refractivity contribution is 5.98.